The molecule has 0 aliphatic rings. The van der Waals surface area contributed by atoms with Gasteiger partial charge in [-0.3, -0.25) is 0 Å². The Labute approximate surface area is 130 Å². The molecule has 1 heterocycles. The van der Waals surface area contributed by atoms with Crippen molar-refractivity contribution in [3.05, 3.63) is 51.7 Å². The second kappa shape index (κ2) is 7.87. The maximum absolute atomic E-state index is 3.45. The van der Waals surface area contributed by atoms with Gasteiger partial charge in [-0.1, -0.05) is 24.6 Å². The average molecular weight is 306 g/mol. The van der Waals surface area contributed by atoms with Crippen molar-refractivity contribution < 1.29 is 0 Å². The molecule has 2 aromatic rings. The first-order valence-corrected chi connectivity index (χ1v) is 8.95. The molecule has 0 saturated heterocycles. The number of nitrogens with one attached hydrogen (secondary N) is 1. The van der Waals surface area contributed by atoms with Crippen molar-refractivity contribution in [1.29, 1.82) is 0 Å². The lowest BCUT2D eigenvalue weighted by Gasteiger charge is -2.15. The van der Waals surface area contributed by atoms with Crippen molar-refractivity contribution in [1.82, 2.24) is 5.32 Å². The Morgan fingerprint density at radius 3 is 2.40 bits per heavy atom. The quantitative estimate of drug-likeness (QED) is 0.754. The van der Waals surface area contributed by atoms with Crippen molar-refractivity contribution in [2.75, 3.05) is 12.8 Å². The molecule has 1 unspecified atom stereocenters. The highest BCUT2D eigenvalue weighted by Crippen LogP contribution is 2.23. The average Bonchev–Trinajstić information content (AvgIpc) is 2.93. The van der Waals surface area contributed by atoms with Gasteiger partial charge in [-0.15, -0.1) is 23.1 Å². The fourth-order valence-electron chi connectivity index (χ4n) is 2.04. The van der Waals surface area contributed by atoms with E-state index < -0.39 is 0 Å². The third-order valence-electron chi connectivity index (χ3n) is 3.39. The molecule has 1 N–H and O–H groups in total. The second-order valence-electron chi connectivity index (χ2n) is 5.04. The summed E-state index contributed by atoms with van der Waals surface area (Å²) in [6, 6.07) is 13.9. The highest BCUT2D eigenvalue weighted by Gasteiger charge is 2.09. The zero-order valence-electron chi connectivity index (χ0n) is 12.5. The van der Waals surface area contributed by atoms with Crippen LogP contribution in [0.3, 0.4) is 0 Å². The van der Waals surface area contributed by atoms with Crippen LogP contribution in [0, 0.1) is 6.92 Å². The van der Waals surface area contributed by atoms with E-state index in [0.717, 1.165) is 18.6 Å². The SMILES string of the molecule is CCc1ccc(CC(CSc2ccc(C)cc2)NC)s1. The topological polar surface area (TPSA) is 12.0 Å². The molecule has 3 heteroatoms. The molecule has 1 atom stereocenters. The normalized spacial score (nSPS) is 12.6. The summed E-state index contributed by atoms with van der Waals surface area (Å²) in [5.74, 6) is 1.11. The summed E-state index contributed by atoms with van der Waals surface area (Å²) in [5.41, 5.74) is 1.32. The van der Waals surface area contributed by atoms with Crippen LogP contribution in [-0.2, 0) is 12.8 Å². The standard InChI is InChI=1S/C17H23NS2/c1-4-15-9-10-17(20-15)11-14(18-3)12-19-16-7-5-13(2)6-8-16/h5-10,14,18H,4,11-12H2,1-3H3. The Morgan fingerprint density at radius 1 is 1.10 bits per heavy atom. The minimum Gasteiger partial charge on any atom is -0.316 e. The molecule has 2 rings (SSSR count). The molecule has 0 amide bonds. The van der Waals surface area contributed by atoms with Crippen molar-refractivity contribution in [3.63, 3.8) is 0 Å². The highest BCUT2D eigenvalue weighted by atomic mass is 32.2. The number of hydrogen-bond donors (Lipinski definition) is 1. The lowest BCUT2D eigenvalue weighted by molar-refractivity contribution is 0.622. The van der Waals surface area contributed by atoms with E-state index >= 15 is 0 Å². The third kappa shape index (κ3) is 4.65. The zero-order valence-corrected chi connectivity index (χ0v) is 14.1. The van der Waals surface area contributed by atoms with Crippen molar-refractivity contribution >= 4 is 23.1 Å². The van der Waals surface area contributed by atoms with Gasteiger partial charge in [0, 0.05) is 26.4 Å². The summed E-state index contributed by atoms with van der Waals surface area (Å²) in [5, 5.41) is 3.45. The van der Waals surface area contributed by atoms with Crippen LogP contribution in [0.4, 0.5) is 0 Å². The monoisotopic (exact) mass is 305 g/mol. The smallest absolute Gasteiger partial charge is 0.0206 e. The molecular weight excluding hydrogens is 282 g/mol. The van der Waals surface area contributed by atoms with Crippen LogP contribution >= 0.6 is 23.1 Å². The summed E-state index contributed by atoms with van der Waals surface area (Å²) < 4.78 is 0. The van der Waals surface area contributed by atoms with E-state index in [0.29, 0.717) is 6.04 Å². The summed E-state index contributed by atoms with van der Waals surface area (Å²) in [4.78, 5) is 4.34. The Morgan fingerprint density at radius 2 is 1.80 bits per heavy atom. The number of thiophene rings is 1. The summed E-state index contributed by atoms with van der Waals surface area (Å²) in [7, 11) is 2.06. The summed E-state index contributed by atoms with van der Waals surface area (Å²) in [6.07, 6.45) is 2.27. The molecule has 1 aromatic carbocycles. The minimum atomic E-state index is 0.532. The van der Waals surface area contributed by atoms with E-state index in [1.807, 2.05) is 23.1 Å². The molecule has 0 aliphatic carbocycles. The number of aryl methyl sites for hydroxylation is 2. The number of benzene rings is 1. The van der Waals surface area contributed by atoms with Crippen LogP contribution in [0.1, 0.15) is 22.2 Å². The molecule has 1 nitrogen and oxygen atoms in total. The maximum atomic E-state index is 3.45. The molecule has 1 aromatic heterocycles. The predicted molar refractivity (Wildman–Crippen MR) is 92.2 cm³/mol. The Hall–Kier alpha value is -0.770. The molecule has 0 bridgehead atoms. The van der Waals surface area contributed by atoms with Crippen molar-refractivity contribution in [2.45, 2.75) is 37.6 Å². The number of rotatable bonds is 7. The van der Waals surface area contributed by atoms with E-state index in [9.17, 15) is 0 Å². The van der Waals surface area contributed by atoms with Gasteiger partial charge >= 0.3 is 0 Å². The van der Waals surface area contributed by atoms with Crippen molar-refractivity contribution in [2.24, 2.45) is 0 Å². The van der Waals surface area contributed by atoms with E-state index in [-0.39, 0.29) is 0 Å². The fraction of sp³-hybridized carbons (Fsp3) is 0.412. The van der Waals surface area contributed by atoms with Crippen LogP contribution in [0.25, 0.3) is 0 Å². The van der Waals surface area contributed by atoms with E-state index in [2.05, 4.69) is 62.6 Å². The van der Waals surface area contributed by atoms with Gasteiger partial charge in [-0.25, -0.2) is 0 Å². The Balaban J connectivity index is 1.87. The van der Waals surface area contributed by atoms with Crippen LogP contribution in [0.15, 0.2) is 41.3 Å². The first-order chi connectivity index (χ1) is 9.71. The molecule has 0 saturated carbocycles. The summed E-state index contributed by atoms with van der Waals surface area (Å²) in [6.45, 7) is 4.35. The predicted octanol–water partition coefficient (Wildman–Crippen LogP) is 4.54. The highest BCUT2D eigenvalue weighted by molar-refractivity contribution is 7.99. The van der Waals surface area contributed by atoms with Gasteiger partial charge in [-0.2, -0.15) is 0 Å². The van der Waals surface area contributed by atoms with Crippen LogP contribution in [0.5, 0.6) is 0 Å². The number of likely N-dealkylation sites (N-methyl/N-ethyl adjacent to an activating group) is 1. The molecule has 0 fully saturated rings. The Bertz CT molecular complexity index is 516. The molecule has 108 valence electrons. The van der Waals surface area contributed by atoms with Gasteiger partial charge < -0.3 is 5.32 Å². The largest absolute Gasteiger partial charge is 0.316 e. The third-order valence-corrected chi connectivity index (χ3v) is 5.82. The second-order valence-corrected chi connectivity index (χ2v) is 7.38. The van der Waals surface area contributed by atoms with Gasteiger partial charge in [0.25, 0.3) is 0 Å². The van der Waals surface area contributed by atoms with Gasteiger partial charge in [0.05, 0.1) is 0 Å². The van der Waals surface area contributed by atoms with Gasteiger partial charge in [0.1, 0.15) is 0 Å². The lowest BCUT2D eigenvalue weighted by Crippen LogP contribution is -2.29. The van der Waals surface area contributed by atoms with Gasteiger partial charge in [-0.05, 0) is 51.1 Å². The van der Waals surface area contributed by atoms with Crippen LogP contribution in [-0.4, -0.2) is 18.8 Å². The minimum absolute atomic E-state index is 0.532. The maximum Gasteiger partial charge on any atom is 0.0206 e. The molecule has 20 heavy (non-hydrogen) atoms. The van der Waals surface area contributed by atoms with Crippen LogP contribution in [0.2, 0.25) is 0 Å². The number of thioether (sulfide) groups is 1. The van der Waals surface area contributed by atoms with E-state index in [4.69, 9.17) is 0 Å². The van der Waals surface area contributed by atoms with Crippen molar-refractivity contribution in [3.8, 4) is 0 Å². The first-order valence-electron chi connectivity index (χ1n) is 7.15. The molecule has 0 spiro atoms. The molecular formula is C17H23NS2. The fourth-order valence-corrected chi connectivity index (χ4v) is 4.09. The number of hydrogen-bond acceptors (Lipinski definition) is 3. The van der Waals surface area contributed by atoms with Gasteiger partial charge in [0.2, 0.25) is 0 Å². The molecule has 0 aliphatic heterocycles. The first kappa shape index (κ1) is 15.6. The van der Waals surface area contributed by atoms with Gasteiger partial charge in [0.15, 0.2) is 0 Å². The van der Waals surface area contributed by atoms with E-state index in [1.54, 1.807) is 0 Å². The Kier molecular flexibility index (Phi) is 6.14. The van der Waals surface area contributed by atoms with E-state index in [1.165, 1.54) is 20.2 Å². The zero-order chi connectivity index (χ0) is 14.4. The lowest BCUT2D eigenvalue weighted by atomic mass is 10.2. The molecule has 0 radical (unpaired) electrons. The van der Waals surface area contributed by atoms with Crippen LogP contribution < -0.4 is 5.32 Å². The summed E-state index contributed by atoms with van der Waals surface area (Å²) >= 11 is 3.89.